The summed E-state index contributed by atoms with van der Waals surface area (Å²) >= 11 is 5.07. The first-order valence-electron chi connectivity index (χ1n) is 7.37. The lowest BCUT2D eigenvalue weighted by molar-refractivity contribution is -0.121. The van der Waals surface area contributed by atoms with Crippen LogP contribution in [0, 0.1) is 17.8 Å². The molecule has 3 unspecified atom stereocenters. The van der Waals surface area contributed by atoms with E-state index >= 15 is 0 Å². The minimum atomic E-state index is 0.0733. The lowest BCUT2D eigenvalue weighted by Gasteiger charge is -2.22. The van der Waals surface area contributed by atoms with E-state index in [2.05, 4.69) is 5.32 Å². The van der Waals surface area contributed by atoms with Crippen molar-refractivity contribution in [3.8, 4) is 5.75 Å². The van der Waals surface area contributed by atoms with Crippen LogP contribution in [-0.2, 0) is 4.79 Å². The third-order valence-electron chi connectivity index (χ3n) is 4.83. The number of carbonyl (C=O) groups excluding carboxylic acids is 1. The first kappa shape index (κ1) is 14.3. The van der Waals surface area contributed by atoms with Crippen molar-refractivity contribution >= 4 is 28.8 Å². The zero-order valence-corrected chi connectivity index (χ0v) is 12.9. The predicted molar refractivity (Wildman–Crippen MR) is 86.4 cm³/mol. The molecular formula is C16H20N2O2S. The lowest BCUT2D eigenvalue weighted by Crippen LogP contribution is -2.28. The Morgan fingerprint density at radius 2 is 2.19 bits per heavy atom. The number of benzene rings is 1. The number of para-hydroxylation sites is 1. The zero-order chi connectivity index (χ0) is 15.0. The number of fused-ring (bicyclic) bond motifs is 2. The summed E-state index contributed by atoms with van der Waals surface area (Å²) in [5.74, 6) is 2.06. The summed E-state index contributed by atoms with van der Waals surface area (Å²) in [6.07, 6.45) is 4.66. The molecular weight excluding hydrogens is 284 g/mol. The van der Waals surface area contributed by atoms with Crippen LogP contribution < -0.4 is 15.8 Å². The topological polar surface area (TPSA) is 64.3 Å². The maximum atomic E-state index is 12.6. The second-order valence-electron chi connectivity index (χ2n) is 6.02. The SMILES string of the molecule is COc1cccc(C(N)=S)c1NC(=O)C1CC2CCC1C2. The number of hydrogen-bond donors (Lipinski definition) is 2. The van der Waals surface area contributed by atoms with Gasteiger partial charge in [-0.2, -0.15) is 0 Å². The van der Waals surface area contributed by atoms with Gasteiger partial charge in [-0.15, -0.1) is 0 Å². The smallest absolute Gasteiger partial charge is 0.227 e. The monoisotopic (exact) mass is 304 g/mol. The number of thiocarbonyl (C=S) groups is 1. The van der Waals surface area contributed by atoms with Gasteiger partial charge in [0.2, 0.25) is 5.91 Å². The van der Waals surface area contributed by atoms with E-state index in [1.165, 1.54) is 19.3 Å². The second-order valence-corrected chi connectivity index (χ2v) is 6.46. The number of ether oxygens (including phenoxy) is 1. The van der Waals surface area contributed by atoms with Crippen molar-refractivity contribution in [2.24, 2.45) is 23.5 Å². The molecule has 2 fully saturated rings. The summed E-state index contributed by atoms with van der Waals surface area (Å²) in [6.45, 7) is 0. The van der Waals surface area contributed by atoms with Gasteiger partial charge in [-0.3, -0.25) is 4.79 Å². The van der Waals surface area contributed by atoms with Gasteiger partial charge in [0.05, 0.1) is 12.8 Å². The highest BCUT2D eigenvalue weighted by Crippen LogP contribution is 2.48. The van der Waals surface area contributed by atoms with Crippen molar-refractivity contribution < 1.29 is 9.53 Å². The van der Waals surface area contributed by atoms with E-state index in [0.717, 1.165) is 12.3 Å². The molecule has 1 aromatic rings. The van der Waals surface area contributed by atoms with Crippen molar-refractivity contribution in [3.05, 3.63) is 23.8 Å². The number of rotatable bonds is 4. The van der Waals surface area contributed by atoms with E-state index in [-0.39, 0.29) is 16.8 Å². The van der Waals surface area contributed by atoms with Crippen LogP contribution in [0.1, 0.15) is 31.2 Å². The molecule has 2 bridgehead atoms. The number of amides is 1. The van der Waals surface area contributed by atoms with Crippen LogP contribution >= 0.6 is 12.2 Å². The van der Waals surface area contributed by atoms with Gasteiger partial charge < -0.3 is 15.8 Å². The van der Waals surface area contributed by atoms with Gasteiger partial charge in [-0.25, -0.2) is 0 Å². The van der Waals surface area contributed by atoms with Crippen molar-refractivity contribution in [3.63, 3.8) is 0 Å². The number of nitrogens with one attached hydrogen (secondary N) is 1. The molecule has 3 atom stereocenters. The highest BCUT2D eigenvalue weighted by molar-refractivity contribution is 7.80. The van der Waals surface area contributed by atoms with Gasteiger partial charge >= 0.3 is 0 Å². The maximum absolute atomic E-state index is 12.6. The van der Waals surface area contributed by atoms with Gasteiger partial charge in [0.15, 0.2) is 0 Å². The largest absolute Gasteiger partial charge is 0.495 e. The Morgan fingerprint density at radius 3 is 2.76 bits per heavy atom. The first-order chi connectivity index (χ1) is 10.1. The molecule has 2 saturated carbocycles. The van der Waals surface area contributed by atoms with Gasteiger partial charge in [-0.05, 0) is 43.2 Å². The van der Waals surface area contributed by atoms with Crippen LogP contribution in [0.4, 0.5) is 5.69 Å². The number of anilines is 1. The van der Waals surface area contributed by atoms with Crippen LogP contribution in [0.15, 0.2) is 18.2 Å². The van der Waals surface area contributed by atoms with E-state index in [1.807, 2.05) is 6.07 Å². The van der Waals surface area contributed by atoms with Crippen LogP contribution in [0.25, 0.3) is 0 Å². The highest BCUT2D eigenvalue weighted by Gasteiger charge is 2.43. The van der Waals surface area contributed by atoms with Crippen LogP contribution in [-0.4, -0.2) is 18.0 Å². The van der Waals surface area contributed by atoms with Gasteiger partial charge in [0, 0.05) is 11.5 Å². The number of carbonyl (C=O) groups is 1. The molecule has 0 heterocycles. The lowest BCUT2D eigenvalue weighted by atomic mass is 9.88. The third kappa shape index (κ3) is 2.62. The summed E-state index contributed by atoms with van der Waals surface area (Å²) in [5.41, 5.74) is 7.00. The van der Waals surface area contributed by atoms with Crippen LogP contribution in [0.5, 0.6) is 5.75 Å². The molecule has 1 amide bonds. The molecule has 5 heteroatoms. The Bertz CT molecular complexity index is 588. The molecule has 0 saturated heterocycles. The van der Waals surface area contributed by atoms with Crippen molar-refractivity contribution in [1.82, 2.24) is 0 Å². The molecule has 3 rings (SSSR count). The fourth-order valence-corrected chi connectivity index (χ4v) is 3.99. The summed E-state index contributed by atoms with van der Waals surface area (Å²) in [6, 6.07) is 5.43. The minimum absolute atomic E-state index is 0.0733. The quantitative estimate of drug-likeness (QED) is 0.840. The Kier molecular flexibility index (Phi) is 3.85. The second kappa shape index (κ2) is 5.64. The van der Waals surface area contributed by atoms with Crippen LogP contribution in [0.2, 0.25) is 0 Å². The molecule has 3 N–H and O–H groups in total. The molecule has 0 aromatic heterocycles. The Balaban J connectivity index is 1.84. The number of methoxy groups -OCH3 is 1. The fraction of sp³-hybridized carbons (Fsp3) is 0.500. The summed E-state index contributed by atoms with van der Waals surface area (Å²) in [5, 5.41) is 3.01. The van der Waals surface area contributed by atoms with Crippen molar-refractivity contribution in [2.75, 3.05) is 12.4 Å². The summed E-state index contributed by atoms with van der Waals surface area (Å²) in [7, 11) is 1.58. The van der Waals surface area contributed by atoms with E-state index in [9.17, 15) is 4.79 Å². The van der Waals surface area contributed by atoms with Crippen LogP contribution in [0.3, 0.4) is 0 Å². The summed E-state index contributed by atoms with van der Waals surface area (Å²) < 4.78 is 5.33. The van der Waals surface area contributed by atoms with Crippen molar-refractivity contribution in [2.45, 2.75) is 25.7 Å². The van der Waals surface area contributed by atoms with Gasteiger partial charge in [-0.1, -0.05) is 24.7 Å². The maximum Gasteiger partial charge on any atom is 0.227 e. The van der Waals surface area contributed by atoms with E-state index < -0.39 is 0 Å². The predicted octanol–water partition coefficient (Wildman–Crippen LogP) is 2.70. The molecule has 1 aromatic carbocycles. The average molecular weight is 304 g/mol. The molecule has 112 valence electrons. The molecule has 21 heavy (non-hydrogen) atoms. The van der Waals surface area contributed by atoms with E-state index in [0.29, 0.717) is 22.9 Å². The third-order valence-corrected chi connectivity index (χ3v) is 5.05. The van der Waals surface area contributed by atoms with Gasteiger partial charge in [0.25, 0.3) is 0 Å². The van der Waals surface area contributed by atoms with E-state index in [4.69, 9.17) is 22.7 Å². The molecule has 0 aliphatic heterocycles. The molecule has 2 aliphatic carbocycles. The molecule has 0 radical (unpaired) electrons. The fourth-order valence-electron chi connectivity index (χ4n) is 3.82. The summed E-state index contributed by atoms with van der Waals surface area (Å²) in [4.78, 5) is 12.9. The Labute approximate surface area is 130 Å². The highest BCUT2D eigenvalue weighted by atomic mass is 32.1. The van der Waals surface area contributed by atoms with E-state index in [1.54, 1.807) is 19.2 Å². The Hall–Kier alpha value is -1.62. The minimum Gasteiger partial charge on any atom is -0.495 e. The molecule has 4 nitrogen and oxygen atoms in total. The molecule has 2 aliphatic rings. The number of nitrogens with two attached hydrogens (primary N) is 1. The van der Waals surface area contributed by atoms with Crippen molar-refractivity contribution in [1.29, 1.82) is 0 Å². The van der Waals surface area contributed by atoms with Gasteiger partial charge in [0.1, 0.15) is 10.7 Å². The number of hydrogen-bond acceptors (Lipinski definition) is 3. The zero-order valence-electron chi connectivity index (χ0n) is 12.1. The molecule has 0 spiro atoms. The average Bonchev–Trinajstić information content (AvgIpc) is 3.09. The Morgan fingerprint density at radius 1 is 1.38 bits per heavy atom. The normalized spacial score (nSPS) is 26.6. The standard InChI is InChI=1S/C16H20N2O2S/c1-20-13-4-2-3-11(15(17)21)14(13)18-16(19)12-8-9-5-6-10(12)7-9/h2-4,9-10,12H,5-8H2,1H3,(H2,17,21)(H,18,19). The first-order valence-corrected chi connectivity index (χ1v) is 7.78.